The van der Waals surface area contributed by atoms with E-state index in [0.717, 1.165) is 30.7 Å². The van der Waals surface area contributed by atoms with E-state index >= 15 is 0 Å². The molecule has 23 heavy (non-hydrogen) atoms. The average Bonchev–Trinajstić information content (AvgIpc) is 2.87. The molecule has 0 aliphatic heterocycles. The van der Waals surface area contributed by atoms with Gasteiger partial charge in [-0.25, -0.2) is 4.98 Å². The first-order valence-corrected chi connectivity index (χ1v) is 8.39. The van der Waals surface area contributed by atoms with Gasteiger partial charge in [0.1, 0.15) is 5.82 Å². The van der Waals surface area contributed by atoms with Crippen LogP contribution in [-0.2, 0) is 13.1 Å². The zero-order valence-electron chi connectivity index (χ0n) is 15.5. The van der Waals surface area contributed by atoms with E-state index in [0.29, 0.717) is 18.5 Å². The van der Waals surface area contributed by atoms with Crippen LogP contribution in [0.4, 0.5) is 0 Å². The molecular formula is C17H34IN5. The van der Waals surface area contributed by atoms with Crippen LogP contribution in [0.3, 0.4) is 0 Å². The van der Waals surface area contributed by atoms with E-state index in [1.54, 1.807) is 0 Å². The average molecular weight is 435 g/mol. The maximum absolute atomic E-state index is 4.43. The first-order chi connectivity index (χ1) is 10.4. The second-order valence-electron chi connectivity index (χ2n) is 6.83. The van der Waals surface area contributed by atoms with Crippen LogP contribution in [-0.4, -0.2) is 28.6 Å². The van der Waals surface area contributed by atoms with Crippen molar-refractivity contribution in [2.75, 3.05) is 7.05 Å². The molecule has 0 aromatic carbocycles. The molecule has 0 spiro atoms. The molecule has 2 N–H and O–H groups in total. The molecule has 0 saturated carbocycles. The Morgan fingerprint density at radius 2 is 1.87 bits per heavy atom. The lowest BCUT2D eigenvalue weighted by Crippen LogP contribution is -2.42. The third-order valence-corrected chi connectivity index (χ3v) is 3.56. The van der Waals surface area contributed by atoms with Gasteiger partial charge in [0.05, 0.1) is 6.54 Å². The maximum Gasteiger partial charge on any atom is 0.191 e. The van der Waals surface area contributed by atoms with Crippen LogP contribution >= 0.6 is 24.0 Å². The molecule has 0 radical (unpaired) electrons. The SMILES string of the molecule is CN=C(NCc1nccn1CC(C)C)NC(C)CCC(C)C.I. The summed E-state index contributed by atoms with van der Waals surface area (Å²) in [7, 11) is 1.81. The Bertz CT molecular complexity index is 454. The van der Waals surface area contributed by atoms with Crippen molar-refractivity contribution in [1.29, 1.82) is 0 Å². The molecular weight excluding hydrogens is 401 g/mol. The van der Waals surface area contributed by atoms with Gasteiger partial charge in [0.15, 0.2) is 5.96 Å². The molecule has 1 aromatic rings. The fourth-order valence-electron chi connectivity index (χ4n) is 2.31. The fraction of sp³-hybridized carbons (Fsp3) is 0.765. The number of aromatic nitrogens is 2. The number of hydrogen-bond donors (Lipinski definition) is 2. The van der Waals surface area contributed by atoms with Crippen LogP contribution in [0.2, 0.25) is 0 Å². The quantitative estimate of drug-likeness (QED) is 0.373. The monoisotopic (exact) mass is 435 g/mol. The lowest BCUT2D eigenvalue weighted by molar-refractivity contribution is 0.486. The number of halogens is 1. The summed E-state index contributed by atoms with van der Waals surface area (Å²) in [6, 6.07) is 0.420. The Morgan fingerprint density at radius 1 is 1.17 bits per heavy atom. The topological polar surface area (TPSA) is 54.2 Å². The van der Waals surface area contributed by atoms with E-state index in [2.05, 4.69) is 59.8 Å². The lowest BCUT2D eigenvalue weighted by Gasteiger charge is -2.19. The van der Waals surface area contributed by atoms with Gasteiger partial charge in [0.2, 0.25) is 0 Å². The normalized spacial score (nSPS) is 13.1. The van der Waals surface area contributed by atoms with Gasteiger partial charge in [-0.2, -0.15) is 0 Å². The summed E-state index contributed by atoms with van der Waals surface area (Å²) >= 11 is 0. The van der Waals surface area contributed by atoms with E-state index in [1.807, 2.05) is 19.4 Å². The lowest BCUT2D eigenvalue weighted by atomic mass is 10.0. The highest BCUT2D eigenvalue weighted by Gasteiger charge is 2.08. The summed E-state index contributed by atoms with van der Waals surface area (Å²) in [4.78, 5) is 8.73. The first kappa shape index (κ1) is 22.2. The summed E-state index contributed by atoms with van der Waals surface area (Å²) in [5, 5.41) is 6.81. The van der Waals surface area contributed by atoms with Gasteiger partial charge in [0, 0.05) is 32.0 Å². The predicted octanol–water partition coefficient (Wildman–Crippen LogP) is 3.65. The van der Waals surface area contributed by atoms with Crippen molar-refractivity contribution < 1.29 is 0 Å². The highest BCUT2D eigenvalue weighted by Crippen LogP contribution is 2.06. The molecule has 1 heterocycles. The molecule has 0 fully saturated rings. The molecule has 1 atom stereocenters. The third kappa shape index (κ3) is 9.17. The summed E-state index contributed by atoms with van der Waals surface area (Å²) in [6.45, 7) is 12.8. The van der Waals surface area contributed by atoms with Crippen LogP contribution in [0.1, 0.15) is 53.3 Å². The smallest absolute Gasteiger partial charge is 0.191 e. The minimum atomic E-state index is 0. The number of hydrogen-bond acceptors (Lipinski definition) is 2. The van der Waals surface area contributed by atoms with Gasteiger partial charge in [-0.05, 0) is 31.6 Å². The summed E-state index contributed by atoms with van der Waals surface area (Å²) in [5.74, 6) is 3.24. The van der Waals surface area contributed by atoms with Crippen molar-refractivity contribution in [3.8, 4) is 0 Å². The van der Waals surface area contributed by atoms with E-state index in [1.165, 1.54) is 6.42 Å². The number of aliphatic imine (C=N–C) groups is 1. The van der Waals surface area contributed by atoms with Crippen molar-refractivity contribution in [3.05, 3.63) is 18.2 Å². The Balaban J connectivity index is 0.00000484. The van der Waals surface area contributed by atoms with Crippen molar-refractivity contribution in [2.45, 2.75) is 66.6 Å². The summed E-state index contributed by atoms with van der Waals surface area (Å²) in [5.41, 5.74) is 0. The molecule has 0 bridgehead atoms. The predicted molar refractivity (Wildman–Crippen MR) is 109 cm³/mol. The number of nitrogens with zero attached hydrogens (tertiary/aromatic N) is 3. The van der Waals surface area contributed by atoms with Gasteiger partial charge in [-0.1, -0.05) is 27.7 Å². The molecule has 5 nitrogen and oxygen atoms in total. The van der Waals surface area contributed by atoms with Gasteiger partial charge in [0.25, 0.3) is 0 Å². The standard InChI is InChI=1S/C17H33N5.HI/c1-13(2)7-8-15(5)21-17(18-6)20-11-16-19-9-10-22(16)12-14(3)4;/h9-10,13-15H,7-8,11-12H2,1-6H3,(H2,18,20,21);1H. The molecule has 1 unspecified atom stereocenters. The van der Waals surface area contributed by atoms with Gasteiger partial charge < -0.3 is 15.2 Å². The third-order valence-electron chi connectivity index (χ3n) is 3.56. The molecule has 1 aromatic heterocycles. The molecule has 0 amide bonds. The maximum atomic E-state index is 4.43. The van der Waals surface area contributed by atoms with Gasteiger partial charge in [-0.3, -0.25) is 4.99 Å². The van der Waals surface area contributed by atoms with E-state index in [9.17, 15) is 0 Å². The largest absolute Gasteiger partial charge is 0.354 e. The molecule has 6 heteroatoms. The fourth-order valence-corrected chi connectivity index (χ4v) is 2.31. The zero-order chi connectivity index (χ0) is 16.5. The second kappa shape index (κ2) is 11.7. The zero-order valence-corrected chi connectivity index (χ0v) is 17.8. The Kier molecular flexibility index (Phi) is 11.3. The van der Waals surface area contributed by atoms with Crippen molar-refractivity contribution in [1.82, 2.24) is 20.2 Å². The number of guanidine groups is 1. The Labute approximate surface area is 158 Å². The minimum absolute atomic E-state index is 0. The van der Waals surface area contributed by atoms with Gasteiger partial charge >= 0.3 is 0 Å². The first-order valence-electron chi connectivity index (χ1n) is 8.39. The highest BCUT2D eigenvalue weighted by molar-refractivity contribution is 14.0. The second-order valence-corrected chi connectivity index (χ2v) is 6.83. The molecule has 0 aliphatic carbocycles. The summed E-state index contributed by atoms with van der Waals surface area (Å²) in [6.07, 6.45) is 6.28. The molecule has 0 aliphatic rings. The number of imidazole rings is 1. The molecule has 0 saturated heterocycles. The van der Waals surface area contributed by atoms with Crippen LogP contribution in [0.15, 0.2) is 17.4 Å². The Morgan fingerprint density at radius 3 is 2.43 bits per heavy atom. The summed E-state index contributed by atoms with van der Waals surface area (Å²) < 4.78 is 2.20. The minimum Gasteiger partial charge on any atom is -0.354 e. The van der Waals surface area contributed by atoms with E-state index in [-0.39, 0.29) is 24.0 Å². The van der Waals surface area contributed by atoms with E-state index < -0.39 is 0 Å². The van der Waals surface area contributed by atoms with Crippen LogP contribution in [0.5, 0.6) is 0 Å². The van der Waals surface area contributed by atoms with Crippen LogP contribution in [0.25, 0.3) is 0 Å². The highest BCUT2D eigenvalue weighted by atomic mass is 127. The van der Waals surface area contributed by atoms with Gasteiger partial charge in [-0.15, -0.1) is 24.0 Å². The van der Waals surface area contributed by atoms with Crippen LogP contribution in [0, 0.1) is 11.8 Å². The Hall–Kier alpha value is -0.790. The van der Waals surface area contributed by atoms with Crippen molar-refractivity contribution in [3.63, 3.8) is 0 Å². The molecule has 1 rings (SSSR count). The van der Waals surface area contributed by atoms with Crippen LogP contribution < -0.4 is 10.6 Å². The van der Waals surface area contributed by atoms with Crippen molar-refractivity contribution >= 4 is 29.9 Å². The number of rotatable bonds is 8. The molecule has 134 valence electrons. The van der Waals surface area contributed by atoms with Crippen molar-refractivity contribution in [2.24, 2.45) is 16.8 Å². The van der Waals surface area contributed by atoms with E-state index in [4.69, 9.17) is 0 Å². The number of nitrogens with one attached hydrogen (secondary N) is 2.